The first-order valence-electron chi connectivity index (χ1n) is 22.6. The number of anilines is 6. The van der Waals surface area contributed by atoms with Gasteiger partial charge in [-0.25, -0.2) is 0 Å². The van der Waals surface area contributed by atoms with Crippen molar-refractivity contribution in [3.8, 4) is 0 Å². The first-order chi connectivity index (χ1) is 28.8. The summed E-state index contributed by atoms with van der Waals surface area (Å²) in [7, 11) is 0. The molecule has 0 amide bonds. The van der Waals surface area contributed by atoms with Crippen molar-refractivity contribution in [1.82, 2.24) is 0 Å². The molecule has 10 rings (SSSR count). The van der Waals surface area contributed by atoms with Crippen LogP contribution in [-0.2, 0) is 21.7 Å². The molecule has 4 aliphatic rings. The van der Waals surface area contributed by atoms with Gasteiger partial charge >= 0.3 is 0 Å². The highest BCUT2D eigenvalue weighted by Crippen LogP contribution is 2.55. The fourth-order valence-electron chi connectivity index (χ4n) is 10.9. The molecule has 0 atom stereocenters. The van der Waals surface area contributed by atoms with E-state index in [-0.39, 0.29) is 28.4 Å². The van der Waals surface area contributed by atoms with Gasteiger partial charge in [-0.2, -0.15) is 0 Å². The maximum Gasteiger partial charge on any atom is 0.252 e. The highest BCUT2D eigenvalue weighted by atomic mass is 15.2. The van der Waals surface area contributed by atoms with E-state index in [4.69, 9.17) is 0 Å². The molecular weight excluding hydrogens is 735 g/mol. The minimum absolute atomic E-state index is 0.00182. The molecule has 2 aliphatic carbocycles. The van der Waals surface area contributed by atoms with Crippen molar-refractivity contribution in [2.45, 2.75) is 118 Å². The van der Waals surface area contributed by atoms with Gasteiger partial charge in [0.15, 0.2) is 0 Å². The van der Waals surface area contributed by atoms with Crippen molar-refractivity contribution in [3.63, 3.8) is 0 Å². The summed E-state index contributed by atoms with van der Waals surface area (Å²) >= 11 is 0. The molecule has 0 radical (unpaired) electrons. The molecule has 306 valence electrons. The molecule has 0 saturated heterocycles. The number of allylic oxidation sites excluding steroid dienone is 4. The van der Waals surface area contributed by atoms with Crippen molar-refractivity contribution in [3.05, 3.63) is 172 Å². The van der Waals surface area contributed by atoms with E-state index < -0.39 is 0 Å². The van der Waals surface area contributed by atoms with Crippen LogP contribution in [0.2, 0.25) is 0 Å². The van der Waals surface area contributed by atoms with E-state index in [1.165, 1.54) is 101 Å². The van der Waals surface area contributed by atoms with Crippen molar-refractivity contribution in [2.75, 3.05) is 9.80 Å². The zero-order valence-corrected chi connectivity index (χ0v) is 38.5. The Morgan fingerprint density at radius 3 is 1.56 bits per heavy atom. The molecule has 0 unspecified atom stereocenters. The van der Waals surface area contributed by atoms with Crippen LogP contribution in [0.5, 0.6) is 0 Å². The van der Waals surface area contributed by atoms with Gasteiger partial charge in [-0.3, -0.25) is 0 Å². The molecular formula is C58H61BN2. The summed E-state index contributed by atoms with van der Waals surface area (Å²) in [6.45, 7) is 28.1. The predicted octanol–water partition coefficient (Wildman–Crippen LogP) is 13.9. The zero-order valence-electron chi connectivity index (χ0n) is 38.5. The van der Waals surface area contributed by atoms with E-state index in [1.807, 2.05) is 0 Å². The Labute approximate surface area is 366 Å². The number of aryl methyl sites for hydroxylation is 1. The molecule has 6 aromatic rings. The van der Waals surface area contributed by atoms with Gasteiger partial charge in [0, 0.05) is 39.5 Å². The first kappa shape index (κ1) is 39.6. The Bertz CT molecular complexity index is 2830. The van der Waals surface area contributed by atoms with E-state index in [1.54, 1.807) is 5.57 Å². The highest BCUT2D eigenvalue weighted by Gasteiger charge is 2.45. The smallest absolute Gasteiger partial charge is 0.252 e. The lowest BCUT2D eigenvalue weighted by Crippen LogP contribution is -2.61. The Hall–Kier alpha value is -5.54. The molecule has 0 bridgehead atoms. The lowest BCUT2D eigenvalue weighted by molar-refractivity contribution is 0.590. The number of rotatable bonds is 3. The second-order valence-electron chi connectivity index (χ2n) is 21.9. The number of fused-ring (bicyclic) bond motifs is 6. The van der Waals surface area contributed by atoms with E-state index in [2.05, 4.69) is 220 Å². The van der Waals surface area contributed by atoms with Gasteiger partial charge in [-0.1, -0.05) is 161 Å². The highest BCUT2D eigenvalue weighted by molar-refractivity contribution is 7.00. The Morgan fingerprint density at radius 1 is 0.541 bits per heavy atom. The molecule has 0 fully saturated rings. The lowest BCUT2D eigenvalue weighted by atomic mass is 9.33. The third-order valence-electron chi connectivity index (χ3n) is 14.3. The summed E-state index contributed by atoms with van der Waals surface area (Å²) in [6.07, 6.45) is 4.69. The van der Waals surface area contributed by atoms with Crippen LogP contribution in [0.4, 0.5) is 34.1 Å². The van der Waals surface area contributed by atoms with Gasteiger partial charge in [0.05, 0.1) is 0 Å². The maximum atomic E-state index is 2.57. The molecule has 61 heavy (non-hydrogen) atoms. The van der Waals surface area contributed by atoms with Gasteiger partial charge in [-0.05, 0) is 151 Å². The minimum atomic E-state index is -0.00182. The van der Waals surface area contributed by atoms with Crippen molar-refractivity contribution in [1.29, 1.82) is 0 Å². The second kappa shape index (κ2) is 13.5. The number of hydrogen-bond donors (Lipinski definition) is 0. The van der Waals surface area contributed by atoms with Crippen LogP contribution in [-0.4, -0.2) is 6.71 Å². The molecule has 2 heterocycles. The van der Waals surface area contributed by atoms with Crippen LogP contribution in [0.3, 0.4) is 0 Å². The molecule has 6 aromatic carbocycles. The van der Waals surface area contributed by atoms with Crippen LogP contribution in [0.1, 0.15) is 128 Å². The number of hydrogen-bond acceptors (Lipinski definition) is 2. The van der Waals surface area contributed by atoms with Crippen LogP contribution < -0.4 is 26.2 Å². The summed E-state index contributed by atoms with van der Waals surface area (Å²) < 4.78 is 0. The summed E-state index contributed by atoms with van der Waals surface area (Å²) in [5, 5.41) is 0. The van der Waals surface area contributed by atoms with Gasteiger partial charge in [-0.15, -0.1) is 0 Å². The SMILES string of the molecule is Cc1cc2c3c(c1)N(c1ccc(C(C)(C)C)cc1)c1ccc(C(C)(C)C)cc1B3c1cc(C(C)(C)C)ccc1N2c1ccc(C2=CCCC3=C2c2ccccc2C3(C)C)cc1. The summed E-state index contributed by atoms with van der Waals surface area (Å²) in [6, 6.07) is 47.5. The quantitative estimate of drug-likeness (QED) is 0.164. The van der Waals surface area contributed by atoms with E-state index in [0.29, 0.717) is 0 Å². The Morgan fingerprint density at radius 2 is 1.03 bits per heavy atom. The van der Waals surface area contributed by atoms with Gasteiger partial charge in [0.2, 0.25) is 0 Å². The lowest BCUT2D eigenvalue weighted by Gasteiger charge is -2.45. The largest absolute Gasteiger partial charge is 0.311 e. The molecule has 2 nitrogen and oxygen atoms in total. The van der Waals surface area contributed by atoms with Crippen LogP contribution >= 0.6 is 0 Å². The molecule has 2 aliphatic heterocycles. The summed E-state index contributed by atoms with van der Waals surface area (Å²) in [5.74, 6) is 0. The molecule has 0 spiro atoms. The van der Waals surface area contributed by atoms with E-state index in [9.17, 15) is 0 Å². The third-order valence-corrected chi connectivity index (χ3v) is 14.3. The zero-order chi connectivity index (χ0) is 43.0. The normalized spacial score (nSPS) is 16.5. The average Bonchev–Trinajstić information content (AvgIpc) is 3.45. The molecule has 0 N–H and O–H groups in total. The summed E-state index contributed by atoms with van der Waals surface area (Å²) in [5.41, 5.74) is 25.6. The molecule has 0 aromatic heterocycles. The third kappa shape index (κ3) is 6.20. The van der Waals surface area contributed by atoms with Gasteiger partial charge in [0.1, 0.15) is 0 Å². The predicted molar refractivity (Wildman–Crippen MR) is 265 cm³/mol. The first-order valence-corrected chi connectivity index (χ1v) is 22.6. The fourth-order valence-corrected chi connectivity index (χ4v) is 10.9. The summed E-state index contributed by atoms with van der Waals surface area (Å²) in [4.78, 5) is 5.12. The molecule has 3 heteroatoms. The Balaban J connectivity index is 1.19. The Kier molecular flexibility index (Phi) is 8.75. The van der Waals surface area contributed by atoms with Crippen LogP contribution in [0.25, 0.3) is 11.1 Å². The average molecular weight is 797 g/mol. The minimum Gasteiger partial charge on any atom is -0.311 e. The maximum absolute atomic E-state index is 2.57. The van der Waals surface area contributed by atoms with Crippen molar-refractivity contribution in [2.24, 2.45) is 0 Å². The fraction of sp³-hybridized carbons (Fsp3) is 0.310. The van der Waals surface area contributed by atoms with Gasteiger partial charge in [0.25, 0.3) is 6.71 Å². The van der Waals surface area contributed by atoms with Crippen molar-refractivity contribution < 1.29 is 0 Å². The van der Waals surface area contributed by atoms with E-state index >= 15 is 0 Å². The standard InChI is InChI=1S/C58H61BN2/c1-36-32-51-54-52(33-36)61(42-28-22-38(23-29-42)55(2,3)4)50-31-25-40(57(8,9)10)35-48(50)59(54)47-34-39(56(5,6)7)24-30-49(47)60(51)41-26-20-37(21-27-41)43-17-15-19-46-53(43)44-16-13-14-18-45(44)58(46,11)12/h13-14,16-18,20-35H,15,19H2,1-12H3. The van der Waals surface area contributed by atoms with Crippen LogP contribution in [0.15, 0.2) is 133 Å². The number of nitrogens with zero attached hydrogens (tertiary/aromatic N) is 2. The second-order valence-corrected chi connectivity index (χ2v) is 21.9. The number of benzene rings is 6. The molecule has 0 saturated carbocycles. The monoisotopic (exact) mass is 796 g/mol. The topological polar surface area (TPSA) is 6.48 Å². The van der Waals surface area contributed by atoms with Gasteiger partial charge < -0.3 is 9.80 Å². The van der Waals surface area contributed by atoms with E-state index in [0.717, 1.165) is 12.8 Å². The van der Waals surface area contributed by atoms with Crippen LogP contribution in [0, 0.1) is 6.92 Å². The van der Waals surface area contributed by atoms with Crippen molar-refractivity contribution >= 4 is 68.4 Å².